The van der Waals surface area contributed by atoms with Crippen LogP contribution in [-0.4, -0.2) is 41.0 Å². The van der Waals surface area contributed by atoms with Crippen molar-refractivity contribution >= 4 is 18.2 Å². The van der Waals surface area contributed by atoms with Crippen LogP contribution in [0.25, 0.3) is 0 Å². The summed E-state index contributed by atoms with van der Waals surface area (Å²) in [5, 5.41) is 20.5. The third kappa shape index (κ3) is 6.10. The van der Waals surface area contributed by atoms with E-state index in [1.165, 1.54) is 38.5 Å². The van der Waals surface area contributed by atoms with Crippen LogP contribution >= 0.6 is 0 Å². The molecule has 2 fully saturated rings. The van der Waals surface area contributed by atoms with Crippen molar-refractivity contribution in [3.63, 3.8) is 0 Å². The second-order valence-electron chi connectivity index (χ2n) is 11.5. The van der Waals surface area contributed by atoms with Gasteiger partial charge in [0, 0.05) is 17.4 Å². The molecule has 3 rings (SSSR count). The molecule has 0 radical (unpaired) electrons. The first kappa shape index (κ1) is 28.6. The van der Waals surface area contributed by atoms with Crippen molar-refractivity contribution in [1.29, 1.82) is 0 Å². The average Bonchev–Trinajstić information content (AvgIpc) is 3.39. The number of carboxylic acid groups (broad SMARTS) is 1. The molecule has 0 aromatic rings. The van der Waals surface area contributed by atoms with Crippen LogP contribution in [0, 0.1) is 23.2 Å². The van der Waals surface area contributed by atoms with Crippen LogP contribution in [0.3, 0.4) is 0 Å². The van der Waals surface area contributed by atoms with E-state index in [9.17, 15) is 24.6 Å². The molecule has 7 heteroatoms. The van der Waals surface area contributed by atoms with Crippen molar-refractivity contribution in [2.45, 2.75) is 109 Å². The fourth-order valence-corrected chi connectivity index (χ4v) is 7.60. The Bertz CT molecular complexity index is 867. The van der Waals surface area contributed by atoms with Gasteiger partial charge in [-0.1, -0.05) is 69.8 Å². The summed E-state index contributed by atoms with van der Waals surface area (Å²) in [5.74, 6) is -0.971. The predicted molar refractivity (Wildman–Crippen MR) is 140 cm³/mol. The molecule has 0 heterocycles. The van der Waals surface area contributed by atoms with E-state index in [1.54, 1.807) is 0 Å². The van der Waals surface area contributed by atoms with Crippen LogP contribution in [0.5, 0.6) is 0 Å². The molecule has 0 aromatic heterocycles. The van der Waals surface area contributed by atoms with Crippen molar-refractivity contribution < 1.29 is 24.6 Å². The number of hydrogen-bond donors (Lipinski definition) is 4. The van der Waals surface area contributed by atoms with Gasteiger partial charge in [0.05, 0.1) is 6.61 Å². The number of amides is 1. The zero-order valence-electron chi connectivity index (χ0n) is 22.0. The van der Waals surface area contributed by atoms with Gasteiger partial charge in [-0.3, -0.25) is 9.59 Å². The highest BCUT2D eigenvalue weighted by Gasteiger charge is 2.50. The Labute approximate surface area is 215 Å². The minimum absolute atomic E-state index is 0.0403. The maximum atomic E-state index is 12.9. The van der Waals surface area contributed by atoms with Gasteiger partial charge in [-0.2, -0.15) is 0 Å². The third-order valence-electron chi connectivity index (χ3n) is 9.35. The molecule has 6 N–H and O–H groups in total. The van der Waals surface area contributed by atoms with Crippen LogP contribution in [-0.2, 0) is 14.4 Å². The molecule has 3 unspecified atom stereocenters. The molecule has 0 aromatic carbocycles. The Morgan fingerprint density at radius 2 is 1.67 bits per heavy atom. The van der Waals surface area contributed by atoms with E-state index in [1.807, 2.05) is 6.92 Å². The largest absolute Gasteiger partial charge is 0.480 e. The van der Waals surface area contributed by atoms with Gasteiger partial charge in [-0.15, -0.1) is 0 Å². The molecule has 36 heavy (non-hydrogen) atoms. The van der Waals surface area contributed by atoms with Crippen molar-refractivity contribution in [3.05, 3.63) is 22.3 Å². The van der Waals surface area contributed by atoms with Gasteiger partial charge < -0.3 is 26.5 Å². The van der Waals surface area contributed by atoms with Gasteiger partial charge in [-0.25, -0.2) is 0 Å². The number of aliphatic carboxylic acids is 1. The number of carbonyl (C=O) groups is 3. The lowest BCUT2D eigenvalue weighted by Gasteiger charge is -2.48. The Hall–Kier alpha value is -1.99. The number of unbranched alkanes of at least 4 members (excludes halogenated alkanes) is 1. The van der Waals surface area contributed by atoms with Crippen molar-refractivity contribution in [3.8, 4) is 0 Å². The Morgan fingerprint density at radius 1 is 1.06 bits per heavy atom. The molecular formula is C29H46N2O5. The quantitative estimate of drug-likeness (QED) is 0.217. The Morgan fingerprint density at radius 3 is 2.22 bits per heavy atom. The van der Waals surface area contributed by atoms with Crippen LogP contribution < -0.4 is 11.5 Å². The summed E-state index contributed by atoms with van der Waals surface area (Å²) < 4.78 is 0. The summed E-state index contributed by atoms with van der Waals surface area (Å²) in [5.41, 5.74) is 13.7. The number of carbonyl (C=O) groups excluding carboxylic acids is 2. The van der Waals surface area contributed by atoms with Crippen LogP contribution in [0.4, 0.5) is 0 Å². The van der Waals surface area contributed by atoms with Gasteiger partial charge in [-0.05, 0) is 61.5 Å². The summed E-state index contributed by atoms with van der Waals surface area (Å²) in [4.78, 5) is 36.6. The summed E-state index contributed by atoms with van der Waals surface area (Å²) in [6, 6.07) is -1.22. The first-order valence-electron chi connectivity index (χ1n) is 14.0. The molecular weight excluding hydrogens is 456 g/mol. The van der Waals surface area contributed by atoms with E-state index in [2.05, 4.69) is 0 Å². The smallest absolute Gasteiger partial charge is 0.320 e. The summed E-state index contributed by atoms with van der Waals surface area (Å²) in [6.45, 7) is 1.65. The highest BCUT2D eigenvalue weighted by molar-refractivity contribution is 5.99. The Kier molecular flexibility index (Phi) is 10.3. The van der Waals surface area contributed by atoms with Gasteiger partial charge in [0.2, 0.25) is 5.91 Å². The van der Waals surface area contributed by atoms with Crippen molar-refractivity contribution in [2.75, 3.05) is 6.61 Å². The lowest BCUT2D eigenvalue weighted by atomic mass is 9.56. The van der Waals surface area contributed by atoms with Gasteiger partial charge in [0.15, 0.2) is 0 Å². The van der Waals surface area contributed by atoms with Gasteiger partial charge in [0.1, 0.15) is 12.3 Å². The van der Waals surface area contributed by atoms with Gasteiger partial charge in [0.25, 0.3) is 0 Å². The van der Waals surface area contributed by atoms with Crippen molar-refractivity contribution in [2.24, 2.45) is 34.6 Å². The molecule has 2 saturated carbocycles. The number of aldehydes is 1. The number of allylic oxidation sites excluding steroid dienone is 1. The summed E-state index contributed by atoms with van der Waals surface area (Å²) in [7, 11) is 0. The van der Waals surface area contributed by atoms with Crippen LogP contribution in [0.1, 0.15) is 103 Å². The highest BCUT2D eigenvalue weighted by Crippen LogP contribution is 2.55. The lowest BCUT2D eigenvalue weighted by Crippen LogP contribution is -2.48. The molecule has 202 valence electrons. The Balaban J connectivity index is 2.02. The standard InChI is InChI=1S/C29H46N2O5/c1-19-22(14-8-5-11-20-9-3-2-4-10-20)29(18-33,17-24(30)28(35)36)23(15-16-32)26(27(31)34)25(19)21-12-6-7-13-21/h16,20-22,24,33H,2-15,17-18,30H2,1H3,(H2,31,34)(H,35,36). The number of aliphatic hydroxyl groups is 1. The molecule has 3 aliphatic carbocycles. The molecule has 3 atom stereocenters. The normalized spacial score (nSPS) is 26.9. The predicted octanol–water partition coefficient (Wildman–Crippen LogP) is 4.42. The fraction of sp³-hybridized carbons (Fsp3) is 0.759. The second kappa shape index (κ2) is 13.0. The average molecular weight is 503 g/mol. The van der Waals surface area contributed by atoms with E-state index >= 15 is 0 Å². The number of carboxylic acids is 1. The zero-order valence-corrected chi connectivity index (χ0v) is 22.0. The maximum Gasteiger partial charge on any atom is 0.320 e. The molecule has 0 bridgehead atoms. The van der Waals surface area contributed by atoms with Crippen molar-refractivity contribution in [1.82, 2.24) is 0 Å². The summed E-state index contributed by atoms with van der Waals surface area (Å²) in [6.07, 6.45) is 15.3. The minimum atomic E-state index is -1.22. The minimum Gasteiger partial charge on any atom is -0.480 e. The highest BCUT2D eigenvalue weighted by atomic mass is 16.4. The summed E-state index contributed by atoms with van der Waals surface area (Å²) >= 11 is 0. The molecule has 3 aliphatic rings. The first-order valence-corrected chi connectivity index (χ1v) is 14.0. The zero-order chi connectivity index (χ0) is 26.3. The molecule has 1 amide bonds. The maximum absolute atomic E-state index is 12.9. The van der Waals surface area contributed by atoms with Crippen LogP contribution in [0.15, 0.2) is 22.3 Å². The molecule has 0 saturated heterocycles. The molecule has 0 aliphatic heterocycles. The number of aliphatic hydroxyl groups excluding tert-OH is 1. The third-order valence-corrected chi connectivity index (χ3v) is 9.35. The number of rotatable bonds is 13. The van der Waals surface area contributed by atoms with E-state index in [-0.39, 0.29) is 31.3 Å². The van der Waals surface area contributed by atoms with E-state index in [0.717, 1.165) is 68.3 Å². The van der Waals surface area contributed by atoms with Crippen LogP contribution in [0.2, 0.25) is 0 Å². The van der Waals surface area contributed by atoms with Gasteiger partial charge >= 0.3 is 5.97 Å². The van der Waals surface area contributed by atoms with E-state index < -0.39 is 23.3 Å². The first-order chi connectivity index (χ1) is 17.3. The monoisotopic (exact) mass is 502 g/mol. The van der Waals surface area contributed by atoms with E-state index in [4.69, 9.17) is 11.5 Å². The number of nitrogens with two attached hydrogens (primary N) is 2. The number of primary amides is 1. The molecule has 0 spiro atoms. The second-order valence-corrected chi connectivity index (χ2v) is 11.5. The topological polar surface area (TPSA) is 144 Å². The van der Waals surface area contributed by atoms with E-state index in [0.29, 0.717) is 11.1 Å². The lowest BCUT2D eigenvalue weighted by molar-refractivity contribution is -0.139. The fourth-order valence-electron chi connectivity index (χ4n) is 7.60. The SMILES string of the molecule is CC1=C(C2CCCC2)C(C(N)=O)=C(CC=O)C(CO)(CC(N)C(=O)O)C1CCCCC1CCCCC1. The molecule has 7 nitrogen and oxygen atoms in total. The number of hydrogen-bond acceptors (Lipinski definition) is 5.